The molecule has 1 aliphatic rings. The molecule has 0 bridgehead atoms. The highest BCUT2D eigenvalue weighted by molar-refractivity contribution is 4.80. The predicted octanol–water partition coefficient (Wildman–Crippen LogP) is 0.478. The monoisotopic (exact) mass is 231 g/mol. The first-order valence-corrected chi connectivity index (χ1v) is 6.19. The summed E-state index contributed by atoms with van der Waals surface area (Å²) >= 11 is 0. The van der Waals surface area contributed by atoms with Crippen LogP contribution in [0.2, 0.25) is 0 Å². The molecule has 2 unspecified atom stereocenters. The summed E-state index contributed by atoms with van der Waals surface area (Å²) in [5, 5.41) is 18.5. The van der Waals surface area contributed by atoms with Gasteiger partial charge in [-0.25, -0.2) is 0 Å². The molecule has 0 amide bonds. The molecule has 4 heteroatoms. The summed E-state index contributed by atoms with van der Waals surface area (Å²) in [4.78, 5) is 2.29. The summed E-state index contributed by atoms with van der Waals surface area (Å²) in [5.41, 5.74) is -0.0217. The maximum atomic E-state index is 9.46. The van der Waals surface area contributed by atoms with E-state index in [1.165, 1.54) is 0 Å². The van der Waals surface area contributed by atoms with Crippen molar-refractivity contribution in [2.45, 2.75) is 32.8 Å². The highest BCUT2D eigenvalue weighted by Crippen LogP contribution is 2.24. The summed E-state index contributed by atoms with van der Waals surface area (Å²) in [6.45, 7) is 7.81. The van der Waals surface area contributed by atoms with Gasteiger partial charge in [0.2, 0.25) is 0 Å². The van der Waals surface area contributed by atoms with E-state index in [2.05, 4.69) is 18.7 Å². The molecule has 2 atom stereocenters. The zero-order valence-electron chi connectivity index (χ0n) is 10.5. The zero-order chi connectivity index (χ0) is 12.0. The lowest BCUT2D eigenvalue weighted by atomic mass is 9.86. The van der Waals surface area contributed by atoms with E-state index >= 15 is 0 Å². The molecule has 0 radical (unpaired) electrons. The van der Waals surface area contributed by atoms with Crippen molar-refractivity contribution in [3.05, 3.63) is 0 Å². The van der Waals surface area contributed by atoms with E-state index in [0.717, 1.165) is 32.5 Å². The molecule has 4 nitrogen and oxygen atoms in total. The van der Waals surface area contributed by atoms with Crippen molar-refractivity contribution in [2.75, 3.05) is 39.5 Å². The van der Waals surface area contributed by atoms with Crippen molar-refractivity contribution in [1.82, 2.24) is 4.90 Å². The lowest BCUT2D eigenvalue weighted by molar-refractivity contribution is -0.0660. The van der Waals surface area contributed by atoms with E-state index in [4.69, 9.17) is 9.84 Å². The van der Waals surface area contributed by atoms with E-state index in [1.54, 1.807) is 0 Å². The third kappa shape index (κ3) is 4.01. The number of hydrogen-bond donors (Lipinski definition) is 2. The topological polar surface area (TPSA) is 52.9 Å². The molecule has 0 aromatic rings. The van der Waals surface area contributed by atoms with Gasteiger partial charge in [0.25, 0.3) is 0 Å². The van der Waals surface area contributed by atoms with Crippen LogP contribution in [0, 0.1) is 5.41 Å². The van der Waals surface area contributed by atoms with E-state index in [0.29, 0.717) is 6.61 Å². The minimum absolute atomic E-state index is 0.0217. The summed E-state index contributed by atoms with van der Waals surface area (Å²) in [7, 11) is 0. The highest BCUT2D eigenvalue weighted by atomic mass is 16.5. The first kappa shape index (κ1) is 13.9. The molecule has 0 saturated carbocycles. The van der Waals surface area contributed by atoms with Crippen LogP contribution in [0.3, 0.4) is 0 Å². The molecule has 1 fully saturated rings. The summed E-state index contributed by atoms with van der Waals surface area (Å²) < 4.78 is 5.41. The molecule has 1 rings (SSSR count). The van der Waals surface area contributed by atoms with Crippen molar-refractivity contribution in [1.29, 1.82) is 0 Å². The highest BCUT2D eigenvalue weighted by Gasteiger charge is 2.28. The first-order valence-electron chi connectivity index (χ1n) is 6.19. The molecule has 1 saturated heterocycles. The number of aliphatic hydroxyl groups is 2. The summed E-state index contributed by atoms with van der Waals surface area (Å²) in [6, 6.07) is 0. The van der Waals surface area contributed by atoms with Gasteiger partial charge in [0.15, 0.2) is 0 Å². The second kappa shape index (κ2) is 6.55. The maximum Gasteiger partial charge on any atom is 0.0932 e. The average Bonchev–Trinajstić information content (AvgIpc) is 2.29. The average molecular weight is 231 g/mol. The van der Waals surface area contributed by atoms with Gasteiger partial charge in [-0.15, -0.1) is 0 Å². The smallest absolute Gasteiger partial charge is 0.0932 e. The van der Waals surface area contributed by atoms with Crippen LogP contribution < -0.4 is 0 Å². The fourth-order valence-corrected chi connectivity index (χ4v) is 2.39. The molecule has 0 aliphatic carbocycles. The molecular formula is C12H25NO3. The van der Waals surface area contributed by atoms with Crippen molar-refractivity contribution >= 4 is 0 Å². The van der Waals surface area contributed by atoms with E-state index in [9.17, 15) is 5.11 Å². The normalized spacial score (nSPS) is 26.6. The van der Waals surface area contributed by atoms with Crippen molar-refractivity contribution in [2.24, 2.45) is 5.41 Å². The van der Waals surface area contributed by atoms with Crippen molar-refractivity contribution in [3.8, 4) is 0 Å². The Bertz CT molecular complexity index is 201. The van der Waals surface area contributed by atoms with Crippen LogP contribution in [0.1, 0.15) is 26.7 Å². The third-order valence-corrected chi connectivity index (χ3v) is 3.27. The molecular weight excluding hydrogens is 206 g/mol. The Balaban J connectivity index is 2.44. The number of morpholine rings is 1. The largest absolute Gasteiger partial charge is 0.396 e. The SMILES string of the molecule is CCCC(C)(CO)CN1CCOC(CO)C1. The Morgan fingerprint density at radius 1 is 1.44 bits per heavy atom. The lowest BCUT2D eigenvalue weighted by Crippen LogP contribution is -2.48. The van der Waals surface area contributed by atoms with Gasteiger partial charge in [0.1, 0.15) is 0 Å². The zero-order valence-corrected chi connectivity index (χ0v) is 10.5. The number of rotatable bonds is 6. The van der Waals surface area contributed by atoms with Crippen LogP contribution in [-0.2, 0) is 4.74 Å². The fraction of sp³-hybridized carbons (Fsp3) is 1.00. The molecule has 16 heavy (non-hydrogen) atoms. The number of nitrogens with zero attached hydrogens (tertiary/aromatic N) is 1. The molecule has 1 aliphatic heterocycles. The maximum absolute atomic E-state index is 9.46. The van der Waals surface area contributed by atoms with Gasteiger partial charge in [-0.05, 0) is 6.42 Å². The first-order chi connectivity index (χ1) is 7.63. The van der Waals surface area contributed by atoms with Gasteiger partial charge >= 0.3 is 0 Å². The minimum Gasteiger partial charge on any atom is -0.396 e. The van der Waals surface area contributed by atoms with Crippen molar-refractivity contribution in [3.63, 3.8) is 0 Å². The number of aliphatic hydroxyl groups excluding tert-OH is 2. The quantitative estimate of drug-likeness (QED) is 0.698. The molecule has 2 N–H and O–H groups in total. The summed E-state index contributed by atoms with van der Waals surface area (Å²) in [5.74, 6) is 0. The lowest BCUT2D eigenvalue weighted by Gasteiger charge is -2.38. The van der Waals surface area contributed by atoms with E-state index < -0.39 is 0 Å². The standard InChI is InChI=1S/C12H25NO3/c1-3-4-12(2,10-15)9-13-5-6-16-11(7-13)8-14/h11,14-15H,3-10H2,1-2H3. The minimum atomic E-state index is -0.0571. The Morgan fingerprint density at radius 3 is 2.75 bits per heavy atom. The summed E-state index contributed by atoms with van der Waals surface area (Å²) in [6.07, 6.45) is 2.06. The number of hydrogen-bond acceptors (Lipinski definition) is 4. The second-order valence-corrected chi connectivity index (χ2v) is 5.13. The van der Waals surface area contributed by atoms with Crippen LogP contribution in [0.5, 0.6) is 0 Å². The van der Waals surface area contributed by atoms with Crippen LogP contribution in [0.4, 0.5) is 0 Å². The fourth-order valence-electron chi connectivity index (χ4n) is 2.39. The van der Waals surface area contributed by atoms with Crippen molar-refractivity contribution < 1.29 is 14.9 Å². The second-order valence-electron chi connectivity index (χ2n) is 5.13. The van der Waals surface area contributed by atoms with Gasteiger partial charge < -0.3 is 14.9 Å². The van der Waals surface area contributed by atoms with Gasteiger partial charge in [0, 0.05) is 31.7 Å². The van der Waals surface area contributed by atoms with E-state index in [1.807, 2.05) is 0 Å². The van der Waals surface area contributed by atoms with Gasteiger partial charge in [-0.2, -0.15) is 0 Å². The van der Waals surface area contributed by atoms with Crippen LogP contribution >= 0.6 is 0 Å². The van der Waals surface area contributed by atoms with Crippen LogP contribution in [0.25, 0.3) is 0 Å². The Morgan fingerprint density at radius 2 is 2.19 bits per heavy atom. The van der Waals surface area contributed by atoms with Crippen LogP contribution in [-0.4, -0.2) is 60.7 Å². The molecule has 0 aromatic carbocycles. The Kier molecular flexibility index (Phi) is 5.69. The van der Waals surface area contributed by atoms with Gasteiger partial charge in [0.05, 0.1) is 19.3 Å². The molecule has 96 valence electrons. The Labute approximate surface area is 98.2 Å². The Hall–Kier alpha value is -0.160. The number of ether oxygens (including phenoxy) is 1. The van der Waals surface area contributed by atoms with Crippen LogP contribution in [0.15, 0.2) is 0 Å². The van der Waals surface area contributed by atoms with E-state index in [-0.39, 0.29) is 24.7 Å². The third-order valence-electron chi connectivity index (χ3n) is 3.27. The predicted molar refractivity (Wildman–Crippen MR) is 63.4 cm³/mol. The molecule has 1 heterocycles. The molecule has 0 aromatic heterocycles. The van der Waals surface area contributed by atoms with Gasteiger partial charge in [-0.1, -0.05) is 20.3 Å². The molecule has 0 spiro atoms. The van der Waals surface area contributed by atoms with Gasteiger partial charge in [-0.3, -0.25) is 4.90 Å².